The number of alkyl carbamates (subject to hydrolysis) is 1. The van der Waals surface area contributed by atoms with Crippen LogP contribution in [0.5, 0.6) is 0 Å². The summed E-state index contributed by atoms with van der Waals surface area (Å²) in [7, 11) is 0. The largest absolute Gasteiger partial charge is 0.444 e. The van der Waals surface area contributed by atoms with Crippen molar-refractivity contribution < 1.29 is 19.5 Å². The average Bonchev–Trinajstić information content (AvgIpc) is 2.13. The highest BCUT2D eigenvalue weighted by Gasteiger charge is 2.23. The maximum Gasteiger partial charge on any atom is 0.408 e. The van der Waals surface area contributed by atoms with E-state index in [0.717, 1.165) is 0 Å². The molecule has 0 aromatic carbocycles. The van der Waals surface area contributed by atoms with Crippen molar-refractivity contribution >= 4 is 12.0 Å². The van der Waals surface area contributed by atoms with Crippen molar-refractivity contribution in [1.29, 1.82) is 0 Å². The van der Waals surface area contributed by atoms with E-state index in [0.29, 0.717) is 12.8 Å². The lowest BCUT2D eigenvalue weighted by molar-refractivity contribution is -0.131. The third kappa shape index (κ3) is 6.23. The van der Waals surface area contributed by atoms with Gasteiger partial charge in [0.05, 0.1) is 0 Å². The lowest BCUT2D eigenvalue weighted by atomic mass is 10.1. The zero-order chi connectivity index (χ0) is 12.8. The fourth-order valence-corrected chi connectivity index (χ4v) is 1.09. The Hall–Kier alpha value is -1.30. The van der Waals surface area contributed by atoms with E-state index in [2.05, 4.69) is 5.32 Å². The van der Waals surface area contributed by atoms with Crippen molar-refractivity contribution in [3.63, 3.8) is 0 Å². The van der Waals surface area contributed by atoms with E-state index in [-0.39, 0.29) is 0 Å². The highest BCUT2D eigenvalue weighted by molar-refractivity contribution is 5.84. The highest BCUT2D eigenvalue weighted by atomic mass is 16.6. The Morgan fingerprint density at radius 2 is 1.94 bits per heavy atom. The van der Waals surface area contributed by atoms with Crippen LogP contribution in [0.4, 0.5) is 4.79 Å². The Morgan fingerprint density at radius 1 is 1.38 bits per heavy atom. The van der Waals surface area contributed by atoms with Gasteiger partial charge in [-0.25, -0.2) is 10.3 Å². The van der Waals surface area contributed by atoms with E-state index < -0.39 is 23.6 Å². The molecule has 0 fully saturated rings. The molecule has 0 aliphatic rings. The molecule has 0 heterocycles. The molecule has 2 amide bonds. The molecule has 94 valence electrons. The molecule has 0 saturated carbocycles. The van der Waals surface area contributed by atoms with Crippen LogP contribution in [0.25, 0.3) is 0 Å². The SMILES string of the molecule is CCC[C@H](NC(=O)OC(C)(C)C)C(=O)NO. The number of ether oxygens (including phenoxy) is 1. The molecule has 6 nitrogen and oxygen atoms in total. The quantitative estimate of drug-likeness (QED) is 0.502. The van der Waals surface area contributed by atoms with Gasteiger partial charge in [-0.05, 0) is 27.2 Å². The number of amides is 2. The Bertz CT molecular complexity index is 248. The van der Waals surface area contributed by atoms with Crippen molar-refractivity contribution in [3.8, 4) is 0 Å². The average molecular weight is 232 g/mol. The molecule has 0 radical (unpaired) electrons. The molecular formula is C10H20N2O4. The number of carbonyl (C=O) groups is 2. The third-order valence-electron chi connectivity index (χ3n) is 1.69. The number of carbonyl (C=O) groups excluding carboxylic acids is 2. The van der Waals surface area contributed by atoms with Gasteiger partial charge in [0.15, 0.2) is 0 Å². The number of hydrogen-bond acceptors (Lipinski definition) is 4. The Morgan fingerprint density at radius 3 is 2.31 bits per heavy atom. The molecule has 6 heteroatoms. The second kappa shape index (κ2) is 6.32. The Kier molecular flexibility index (Phi) is 5.81. The van der Waals surface area contributed by atoms with Crippen LogP contribution in [0.2, 0.25) is 0 Å². The standard InChI is InChI=1S/C10H20N2O4/c1-5-6-7(8(13)12-15)11-9(14)16-10(2,3)4/h7,15H,5-6H2,1-4H3,(H,11,14)(H,12,13)/t7-/m0/s1. The molecular weight excluding hydrogens is 212 g/mol. The first-order chi connectivity index (χ1) is 7.30. The minimum atomic E-state index is -0.773. The van der Waals surface area contributed by atoms with Crippen LogP contribution in [0.15, 0.2) is 0 Å². The number of hydroxylamine groups is 1. The lowest BCUT2D eigenvalue weighted by Gasteiger charge is -2.22. The molecule has 0 rings (SSSR count). The molecule has 1 atom stereocenters. The van der Waals surface area contributed by atoms with Crippen molar-refractivity contribution in [2.24, 2.45) is 0 Å². The first-order valence-corrected chi connectivity index (χ1v) is 5.23. The maximum absolute atomic E-state index is 11.4. The first-order valence-electron chi connectivity index (χ1n) is 5.23. The summed E-state index contributed by atoms with van der Waals surface area (Å²) in [6, 6.07) is -0.773. The summed E-state index contributed by atoms with van der Waals surface area (Å²) >= 11 is 0. The summed E-state index contributed by atoms with van der Waals surface area (Å²) < 4.78 is 5.00. The first kappa shape index (κ1) is 14.7. The molecule has 0 aromatic heterocycles. The van der Waals surface area contributed by atoms with Crippen LogP contribution < -0.4 is 10.8 Å². The van der Waals surface area contributed by atoms with Crippen molar-refractivity contribution in [2.75, 3.05) is 0 Å². The molecule has 0 aliphatic carbocycles. The predicted molar refractivity (Wildman–Crippen MR) is 58.0 cm³/mol. The monoisotopic (exact) mass is 232 g/mol. The van der Waals surface area contributed by atoms with Gasteiger partial charge in [0.1, 0.15) is 11.6 Å². The summed E-state index contributed by atoms with van der Waals surface area (Å²) in [4.78, 5) is 22.5. The summed E-state index contributed by atoms with van der Waals surface area (Å²) in [5, 5.41) is 10.9. The Labute approximate surface area is 95.3 Å². The van der Waals surface area contributed by atoms with Gasteiger partial charge < -0.3 is 10.1 Å². The lowest BCUT2D eigenvalue weighted by Crippen LogP contribution is -2.47. The van der Waals surface area contributed by atoms with Gasteiger partial charge in [0.2, 0.25) is 0 Å². The molecule has 0 unspecified atom stereocenters. The Balaban J connectivity index is 4.29. The van der Waals surface area contributed by atoms with Gasteiger partial charge in [0, 0.05) is 0 Å². The van der Waals surface area contributed by atoms with E-state index in [1.165, 1.54) is 5.48 Å². The zero-order valence-electron chi connectivity index (χ0n) is 10.2. The van der Waals surface area contributed by atoms with E-state index in [1.54, 1.807) is 20.8 Å². The normalized spacial score (nSPS) is 12.8. The second-order valence-electron chi connectivity index (χ2n) is 4.46. The minimum absolute atomic E-state index is 0.436. The smallest absolute Gasteiger partial charge is 0.408 e. The summed E-state index contributed by atoms with van der Waals surface area (Å²) in [6.07, 6.45) is 0.467. The van der Waals surface area contributed by atoms with Gasteiger partial charge >= 0.3 is 6.09 Å². The zero-order valence-corrected chi connectivity index (χ0v) is 10.2. The second-order valence-corrected chi connectivity index (χ2v) is 4.46. The van der Waals surface area contributed by atoms with E-state index in [9.17, 15) is 9.59 Å². The minimum Gasteiger partial charge on any atom is -0.444 e. The molecule has 0 saturated heterocycles. The van der Waals surface area contributed by atoms with Crippen LogP contribution >= 0.6 is 0 Å². The summed E-state index contributed by atoms with van der Waals surface area (Å²) in [5.41, 5.74) is 0.894. The molecule has 0 bridgehead atoms. The van der Waals surface area contributed by atoms with Crippen LogP contribution in [0.1, 0.15) is 40.5 Å². The van der Waals surface area contributed by atoms with Crippen molar-refractivity contribution in [3.05, 3.63) is 0 Å². The van der Waals surface area contributed by atoms with Gasteiger partial charge in [0.25, 0.3) is 5.91 Å². The van der Waals surface area contributed by atoms with Gasteiger partial charge in [-0.15, -0.1) is 0 Å². The molecule has 0 aromatic rings. The predicted octanol–water partition coefficient (Wildman–Crippen LogP) is 1.19. The van der Waals surface area contributed by atoms with Gasteiger partial charge in [-0.2, -0.15) is 0 Å². The highest BCUT2D eigenvalue weighted by Crippen LogP contribution is 2.07. The van der Waals surface area contributed by atoms with Gasteiger partial charge in [-0.1, -0.05) is 13.3 Å². The number of nitrogens with one attached hydrogen (secondary N) is 2. The maximum atomic E-state index is 11.4. The molecule has 3 N–H and O–H groups in total. The van der Waals surface area contributed by atoms with Crippen LogP contribution in [0, 0.1) is 0 Å². The topological polar surface area (TPSA) is 87.7 Å². The van der Waals surface area contributed by atoms with E-state index in [4.69, 9.17) is 9.94 Å². The van der Waals surface area contributed by atoms with E-state index in [1.807, 2.05) is 6.92 Å². The third-order valence-corrected chi connectivity index (χ3v) is 1.69. The van der Waals surface area contributed by atoms with E-state index >= 15 is 0 Å². The van der Waals surface area contributed by atoms with Crippen molar-refractivity contribution in [2.45, 2.75) is 52.2 Å². The molecule has 0 spiro atoms. The fourth-order valence-electron chi connectivity index (χ4n) is 1.09. The van der Waals surface area contributed by atoms with Gasteiger partial charge in [-0.3, -0.25) is 10.0 Å². The fraction of sp³-hybridized carbons (Fsp3) is 0.800. The number of hydrogen-bond donors (Lipinski definition) is 3. The van der Waals surface area contributed by atoms with Crippen LogP contribution in [-0.4, -0.2) is 28.9 Å². The van der Waals surface area contributed by atoms with Crippen molar-refractivity contribution in [1.82, 2.24) is 10.8 Å². The summed E-state index contributed by atoms with van der Waals surface area (Å²) in [5.74, 6) is -0.646. The van der Waals surface area contributed by atoms with Crippen LogP contribution in [0.3, 0.4) is 0 Å². The summed E-state index contributed by atoms with van der Waals surface area (Å²) in [6.45, 7) is 7.06. The molecule has 16 heavy (non-hydrogen) atoms. The van der Waals surface area contributed by atoms with Crippen LogP contribution in [-0.2, 0) is 9.53 Å². The molecule has 0 aliphatic heterocycles. The number of rotatable bonds is 4.